The Labute approximate surface area is 226 Å². The number of benzene rings is 2. The number of fused-ring (bicyclic) bond motifs is 3. The van der Waals surface area contributed by atoms with Gasteiger partial charge in [-0.15, -0.1) is 11.3 Å². The lowest BCUT2D eigenvalue weighted by atomic mass is 9.96. The van der Waals surface area contributed by atoms with Crippen LogP contribution in [-0.4, -0.2) is 43.9 Å². The molecule has 188 valence electrons. The first-order chi connectivity index (χ1) is 17.8. The highest BCUT2D eigenvalue weighted by Gasteiger charge is 2.42. The molecule has 2 atom stereocenters. The molecule has 1 aliphatic carbocycles. The SMILES string of the molecule is CN1C(=O)C(=c2sc(=Cc3ccc4c(c3)C3CCCC3N4c3ccccc3)c(=O)n2CC(=O)O)SC1=S. The van der Waals surface area contributed by atoms with Crippen LogP contribution in [0, 0.1) is 0 Å². The number of thioether (sulfide) groups is 1. The monoisotopic (exact) mass is 549 g/mol. The first-order valence-corrected chi connectivity index (χ1v) is 14.0. The zero-order valence-corrected chi connectivity index (χ0v) is 22.4. The van der Waals surface area contributed by atoms with Crippen molar-refractivity contribution < 1.29 is 14.7 Å². The van der Waals surface area contributed by atoms with Crippen LogP contribution in [0.5, 0.6) is 0 Å². The summed E-state index contributed by atoms with van der Waals surface area (Å²) < 4.78 is 2.25. The molecular weight excluding hydrogens is 527 g/mol. The molecule has 1 saturated heterocycles. The third-order valence-corrected chi connectivity index (χ3v) is 10.0. The van der Waals surface area contributed by atoms with Gasteiger partial charge in [0.15, 0.2) is 0 Å². The van der Waals surface area contributed by atoms with Crippen LogP contribution in [0.25, 0.3) is 11.0 Å². The summed E-state index contributed by atoms with van der Waals surface area (Å²) in [6, 6.07) is 17.1. The zero-order chi connectivity index (χ0) is 25.8. The second-order valence-corrected chi connectivity index (χ2v) is 12.1. The fourth-order valence-corrected chi connectivity index (χ4v) is 8.02. The summed E-state index contributed by atoms with van der Waals surface area (Å²) in [7, 11) is 1.57. The van der Waals surface area contributed by atoms with Crippen LogP contribution < -0.4 is 19.7 Å². The van der Waals surface area contributed by atoms with Crippen molar-refractivity contribution in [2.45, 2.75) is 37.8 Å². The lowest BCUT2D eigenvalue weighted by Crippen LogP contribution is -2.35. The van der Waals surface area contributed by atoms with Crippen molar-refractivity contribution in [2.75, 3.05) is 11.9 Å². The number of carboxylic acids is 1. The number of amides is 1. The number of aromatic nitrogens is 1. The molecule has 2 fully saturated rings. The number of para-hydroxylation sites is 1. The second-order valence-electron chi connectivity index (χ2n) is 9.39. The quantitative estimate of drug-likeness (QED) is 0.501. The average molecular weight is 550 g/mol. The van der Waals surface area contributed by atoms with Gasteiger partial charge in [-0.2, -0.15) is 0 Å². The van der Waals surface area contributed by atoms with Gasteiger partial charge in [-0.05, 0) is 54.3 Å². The molecule has 2 aromatic carbocycles. The molecule has 0 bridgehead atoms. The summed E-state index contributed by atoms with van der Waals surface area (Å²) in [5.41, 5.74) is 4.13. The predicted octanol–water partition coefficient (Wildman–Crippen LogP) is 3.21. The van der Waals surface area contributed by atoms with E-state index in [4.69, 9.17) is 12.2 Å². The maximum Gasteiger partial charge on any atom is 0.323 e. The van der Waals surface area contributed by atoms with Gasteiger partial charge in [0, 0.05) is 30.4 Å². The predicted molar refractivity (Wildman–Crippen MR) is 151 cm³/mol. The molecule has 10 heteroatoms. The summed E-state index contributed by atoms with van der Waals surface area (Å²) in [4.78, 5) is 41.6. The van der Waals surface area contributed by atoms with Crippen LogP contribution in [0.15, 0.2) is 53.3 Å². The van der Waals surface area contributed by atoms with E-state index >= 15 is 0 Å². The number of aliphatic carboxylic acids is 1. The Morgan fingerprint density at radius 3 is 2.65 bits per heavy atom. The van der Waals surface area contributed by atoms with Crippen molar-refractivity contribution >= 4 is 73.9 Å². The molecule has 7 nitrogen and oxygen atoms in total. The van der Waals surface area contributed by atoms with E-state index < -0.39 is 18.1 Å². The third kappa shape index (κ3) is 4.03. The fourth-order valence-electron chi connectivity index (χ4n) is 5.58. The first-order valence-electron chi connectivity index (χ1n) is 12.0. The number of hydrogen-bond acceptors (Lipinski definition) is 7. The number of thiazole rings is 1. The van der Waals surface area contributed by atoms with Crippen LogP contribution in [0.1, 0.15) is 36.3 Å². The van der Waals surface area contributed by atoms with Crippen molar-refractivity contribution in [3.63, 3.8) is 0 Å². The van der Waals surface area contributed by atoms with E-state index in [-0.39, 0.29) is 10.8 Å². The van der Waals surface area contributed by atoms with Crippen LogP contribution in [0.2, 0.25) is 0 Å². The molecule has 37 heavy (non-hydrogen) atoms. The summed E-state index contributed by atoms with van der Waals surface area (Å²) in [5.74, 6) is -1.04. The standard InChI is InChI=1S/C27H23N3O4S3/c1-28-25(34)23(37-27(28)35)26-29(14-22(31)32)24(33)21(36-26)13-15-10-11-20-18(12-15)17-8-5-9-19(17)30(20)16-6-3-2-4-7-16/h2-4,6-7,10-13,17,19H,5,8-9,14H2,1H3,(H,31,32). The summed E-state index contributed by atoms with van der Waals surface area (Å²) in [5, 5.41) is 9.43. The molecule has 1 saturated carbocycles. The number of carbonyl (C=O) groups is 2. The number of hydrogen-bond donors (Lipinski definition) is 1. The fraction of sp³-hybridized carbons (Fsp3) is 0.259. The van der Waals surface area contributed by atoms with Gasteiger partial charge in [-0.1, -0.05) is 54.7 Å². The van der Waals surface area contributed by atoms with Gasteiger partial charge in [0.2, 0.25) is 0 Å². The Balaban J connectivity index is 1.48. The van der Waals surface area contributed by atoms with E-state index in [2.05, 4.69) is 41.3 Å². The topological polar surface area (TPSA) is 82.9 Å². The van der Waals surface area contributed by atoms with E-state index in [1.54, 1.807) is 13.1 Å². The van der Waals surface area contributed by atoms with Gasteiger partial charge in [-0.25, -0.2) is 0 Å². The van der Waals surface area contributed by atoms with Gasteiger partial charge in [0.1, 0.15) is 20.4 Å². The Hall–Kier alpha value is -3.21. The van der Waals surface area contributed by atoms with Crippen molar-refractivity contribution in [1.29, 1.82) is 0 Å². The number of nitrogens with zero attached hydrogens (tertiary/aromatic N) is 3. The molecule has 1 N–H and O–H groups in total. The second kappa shape index (κ2) is 9.27. The lowest BCUT2D eigenvalue weighted by molar-refractivity contribution is -0.137. The minimum Gasteiger partial charge on any atom is -0.480 e. The van der Waals surface area contributed by atoms with Gasteiger partial charge < -0.3 is 10.0 Å². The molecule has 3 aromatic rings. The average Bonchev–Trinajstić information content (AvgIpc) is 3.61. The van der Waals surface area contributed by atoms with Gasteiger partial charge >= 0.3 is 5.97 Å². The Bertz CT molecular complexity index is 1640. The minimum absolute atomic E-state index is 0.289. The highest BCUT2D eigenvalue weighted by molar-refractivity contribution is 8.30. The molecule has 2 unspecified atom stereocenters. The molecule has 2 aliphatic heterocycles. The number of carbonyl (C=O) groups excluding carboxylic acids is 1. The smallest absolute Gasteiger partial charge is 0.323 e. The molecular formula is C27H23N3O4S3. The number of thiocarbonyl (C=S) groups is 1. The van der Waals surface area contributed by atoms with Gasteiger partial charge in [0.05, 0.1) is 4.53 Å². The van der Waals surface area contributed by atoms with E-state index in [9.17, 15) is 19.5 Å². The molecule has 0 radical (unpaired) electrons. The summed E-state index contributed by atoms with van der Waals surface area (Å²) in [6.07, 6.45) is 5.25. The van der Waals surface area contributed by atoms with Crippen molar-refractivity contribution in [1.82, 2.24) is 9.47 Å². The van der Waals surface area contributed by atoms with Gasteiger partial charge in [0.25, 0.3) is 11.5 Å². The molecule has 3 aliphatic rings. The molecule has 3 heterocycles. The molecule has 1 amide bonds. The number of anilines is 2. The molecule has 0 spiro atoms. The molecule has 1 aromatic heterocycles. The van der Waals surface area contributed by atoms with Crippen LogP contribution in [0.3, 0.4) is 0 Å². The first kappa shape index (κ1) is 24.1. The van der Waals surface area contributed by atoms with E-state index in [0.717, 1.165) is 41.5 Å². The van der Waals surface area contributed by atoms with Gasteiger partial charge in [-0.3, -0.25) is 23.9 Å². The van der Waals surface area contributed by atoms with Crippen molar-refractivity contribution in [3.8, 4) is 0 Å². The zero-order valence-electron chi connectivity index (χ0n) is 19.9. The summed E-state index contributed by atoms with van der Waals surface area (Å²) in [6.45, 7) is -0.522. The largest absolute Gasteiger partial charge is 0.480 e. The number of carboxylic acid groups (broad SMARTS) is 1. The van der Waals surface area contributed by atoms with Crippen molar-refractivity contribution in [2.24, 2.45) is 0 Å². The Kier molecular flexibility index (Phi) is 6.05. The van der Waals surface area contributed by atoms with E-state index in [0.29, 0.717) is 25.5 Å². The highest BCUT2D eigenvalue weighted by Crippen LogP contribution is 2.52. The maximum absolute atomic E-state index is 13.3. The summed E-state index contributed by atoms with van der Waals surface area (Å²) >= 11 is 7.46. The lowest BCUT2D eigenvalue weighted by Gasteiger charge is -2.27. The molecule has 6 rings (SSSR count). The van der Waals surface area contributed by atoms with E-state index in [1.807, 2.05) is 12.1 Å². The Morgan fingerprint density at radius 2 is 1.95 bits per heavy atom. The van der Waals surface area contributed by atoms with E-state index in [1.165, 1.54) is 32.8 Å². The highest BCUT2D eigenvalue weighted by atomic mass is 32.2. The maximum atomic E-state index is 13.3. The van der Waals surface area contributed by atoms with Crippen LogP contribution >= 0.6 is 35.3 Å². The van der Waals surface area contributed by atoms with Crippen LogP contribution in [-0.2, 0) is 16.1 Å². The van der Waals surface area contributed by atoms with Crippen LogP contribution in [0.4, 0.5) is 11.4 Å². The number of rotatable bonds is 4. The third-order valence-electron chi connectivity index (χ3n) is 7.21. The van der Waals surface area contributed by atoms with Crippen molar-refractivity contribution in [3.05, 3.63) is 79.2 Å². The normalized spacial score (nSPS) is 22.7. The minimum atomic E-state index is -1.15. The Morgan fingerprint density at radius 1 is 1.16 bits per heavy atom.